The SMILES string of the molecule is COC(=O)c1ccc(C(=N)C2=C([NH2+]C(=O)c3c(Cl)cccc3C(F)(F)F)CCCC2=O)cc1. The van der Waals surface area contributed by atoms with E-state index in [1.54, 1.807) is 0 Å². The molecule has 1 amide bonds. The highest BCUT2D eigenvalue weighted by Gasteiger charge is 2.38. The molecule has 6 nitrogen and oxygen atoms in total. The summed E-state index contributed by atoms with van der Waals surface area (Å²) >= 11 is 5.92. The highest BCUT2D eigenvalue weighted by atomic mass is 35.5. The number of benzene rings is 2. The number of hydrogen-bond acceptors (Lipinski definition) is 5. The van der Waals surface area contributed by atoms with E-state index in [4.69, 9.17) is 17.0 Å². The summed E-state index contributed by atoms with van der Waals surface area (Å²) in [6.07, 6.45) is -4.02. The molecule has 1 aliphatic rings. The lowest BCUT2D eigenvalue weighted by atomic mass is 9.88. The Morgan fingerprint density at radius 1 is 1.06 bits per heavy atom. The molecule has 0 aliphatic heterocycles. The number of Topliss-reactive ketones (excluding diaryl/α,β-unsaturated/α-hetero) is 1. The van der Waals surface area contributed by atoms with E-state index in [9.17, 15) is 27.6 Å². The standard InChI is InChI=1S/C23H18ClF3N2O4/c1-33-22(32)13-10-8-12(9-11-13)20(28)19-16(6-3-7-17(19)30)29-21(31)18-14(23(25,26)27)4-2-5-15(18)24/h2,4-5,8-11,28H,3,6-7H2,1H3,(H,29,31)/p+1. The molecule has 0 saturated heterocycles. The summed E-state index contributed by atoms with van der Waals surface area (Å²) in [5, 5.41) is 9.11. The van der Waals surface area contributed by atoms with Crippen molar-refractivity contribution in [2.75, 3.05) is 7.11 Å². The van der Waals surface area contributed by atoms with Crippen LogP contribution in [0.2, 0.25) is 5.02 Å². The number of ketones is 1. The van der Waals surface area contributed by atoms with E-state index in [0.29, 0.717) is 12.0 Å². The minimum atomic E-state index is -4.79. The van der Waals surface area contributed by atoms with E-state index in [-0.39, 0.29) is 40.4 Å². The third kappa shape index (κ3) is 5.20. The molecule has 172 valence electrons. The van der Waals surface area contributed by atoms with Crippen LogP contribution in [0.4, 0.5) is 13.2 Å². The number of quaternary nitrogens is 1. The molecule has 2 aromatic carbocycles. The minimum Gasteiger partial charge on any atom is -0.465 e. The quantitative estimate of drug-likeness (QED) is 0.501. The van der Waals surface area contributed by atoms with Gasteiger partial charge < -0.3 is 4.74 Å². The van der Waals surface area contributed by atoms with Gasteiger partial charge in [0.25, 0.3) is 0 Å². The predicted molar refractivity (Wildman–Crippen MR) is 113 cm³/mol. The van der Waals surface area contributed by atoms with Crippen molar-refractivity contribution < 1.29 is 37.6 Å². The van der Waals surface area contributed by atoms with Crippen LogP contribution in [0.5, 0.6) is 0 Å². The van der Waals surface area contributed by atoms with Gasteiger partial charge in [0.1, 0.15) is 11.3 Å². The first kappa shape index (κ1) is 24.3. The number of nitrogens with one attached hydrogen (secondary N) is 1. The normalized spacial score (nSPS) is 14.3. The van der Waals surface area contributed by atoms with Crippen LogP contribution >= 0.6 is 11.6 Å². The number of primary amides is 1. The predicted octanol–water partition coefficient (Wildman–Crippen LogP) is 3.92. The Morgan fingerprint density at radius 3 is 2.30 bits per heavy atom. The molecule has 0 fully saturated rings. The molecule has 0 aromatic heterocycles. The molecule has 3 rings (SSSR count). The molecule has 0 saturated carbocycles. The van der Waals surface area contributed by atoms with E-state index in [2.05, 4.69) is 4.74 Å². The molecule has 1 aliphatic carbocycles. The molecule has 0 bridgehead atoms. The van der Waals surface area contributed by atoms with Crippen molar-refractivity contribution in [3.63, 3.8) is 0 Å². The van der Waals surface area contributed by atoms with Gasteiger partial charge in [0.2, 0.25) is 0 Å². The van der Waals surface area contributed by atoms with Gasteiger partial charge in [0, 0.05) is 18.4 Å². The Hall–Kier alpha value is -3.30. The van der Waals surface area contributed by atoms with Crippen molar-refractivity contribution in [1.29, 1.82) is 5.41 Å². The third-order valence-corrected chi connectivity index (χ3v) is 5.48. The molecule has 0 spiro atoms. The van der Waals surface area contributed by atoms with Crippen molar-refractivity contribution in [2.24, 2.45) is 0 Å². The summed E-state index contributed by atoms with van der Waals surface area (Å²) in [7, 11) is 1.23. The van der Waals surface area contributed by atoms with E-state index < -0.39 is 35.0 Å². The number of allylic oxidation sites excluding steroid dienone is 2. The number of methoxy groups -OCH3 is 1. The number of carbonyl (C=O) groups is 3. The molecule has 33 heavy (non-hydrogen) atoms. The Kier molecular flexibility index (Phi) is 7.14. The zero-order chi connectivity index (χ0) is 24.3. The van der Waals surface area contributed by atoms with Crippen molar-refractivity contribution >= 4 is 35.0 Å². The van der Waals surface area contributed by atoms with Crippen molar-refractivity contribution in [3.05, 3.63) is 81.0 Å². The lowest BCUT2D eigenvalue weighted by Crippen LogP contribution is -2.87. The average Bonchev–Trinajstić information content (AvgIpc) is 2.77. The summed E-state index contributed by atoms with van der Waals surface area (Å²) in [4.78, 5) is 37.1. The lowest BCUT2D eigenvalue weighted by Gasteiger charge is -2.18. The van der Waals surface area contributed by atoms with Gasteiger partial charge >= 0.3 is 18.1 Å². The number of amides is 1. The topological polar surface area (TPSA) is 101 Å². The van der Waals surface area contributed by atoms with E-state index in [0.717, 1.165) is 17.4 Å². The van der Waals surface area contributed by atoms with Gasteiger partial charge in [-0.1, -0.05) is 29.8 Å². The first-order valence-corrected chi connectivity index (χ1v) is 10.2. The Balaban J connectivity index is 1.99. The third-order valence-electron chi connectivity index (χ3n) is 5.17. The van der Waals surface area contributed by atoms with E-state index >= 15 is 0 Å². The maximum Gasteiger partial charge on any atom is 0.417 e. The number of hydrogen-bond donors (Lipinski definition) is 2. The summed E-state index contributed by atoms with van der Waals surface area (Å²) in [6, 6.07) is 8.82. The largest absolute Gasteiger partial charge is 0.465 e. The van der Waals surface area contributed by atoms with Crippen LogP contribution in [0.25, 0.3) is 0 Å². The molecule has 0 heterocycles. The van der Waals surface area contributed by atoms with Gasteiger partial charge in [-0.25, -0.2) is 14.9 Å². The number of esters is 1. The summed E-state index contributed by atoms with van der Waals surface area (Å²) in [6.45, 7) is 0. The van der Waals surface area contributed by atoms with Crippen LogP contribution in [-0.2, 0) is 15.7 Å². The van der Waals surface area contributed by atoms with Crippen LogP contribution in [0, 0.1) is 5.41 Å². The van der Waals surface area contributed by atoms with E-state index in [1.165, 1.54) is 37.4 Å². The van der Waals surface area contributed by atoms with Gasteiger partial charge in [-0.15, -0.1) is 0 Å². The second-order valence-corrected chi connectivity index (χ2v) is 7.70. The average molecular weight is 480 g/mol. The van der Waals surface area contributed by atoms with Gasteiger partial charge in [0.05, 0.1) is 34.5 Å². The lowest BCUT2D eigenvalue weighted by molar-refractivity contribution is -0.505. The monoisotopic (exact) mass is 479 g/mol. The number of alkyl halides is 3. The highest BCUT2D eigenvalue weighted by Crippen LogP contribution is 2.34. The number of halogens is 4. The van der Waals surface area contributed by atoms with Gasteiger partial charge in [-0.2, -0.15) is 13.2 Å². The Morgan fingerprint density at radius 2 is 1.70 bits per heavy atom. The highest BCUT2D eigenvalue weighted by molar-refractivity contribution is 6.33. The van der Waals surface area contributed by atoms with Crippen molar-refractivity contribution in [3.8, 4) is 0 Å². The van der Waals surface area contributed by atoms with E-state index in [1.807, 2.05) is 0 Å². The first-order valence-electron chi connectivity index (χ1n) is 9.83. The first-order chi connectivity index (χ1) is 15.5. The molecule has 3 N–H and O–H groups in total. The minimum absolute atomic E-state index is 0.0407. The summed E-state index contributed by atoms with van der Waals surface area (Å²) in [5.74, 6) is -1.96. The fourth-order valence-electron chi connectivity index (χ4n) is 3.59. The van der Waals surface area contributed by atoms with Crippen LogP contribution in [0.1, 0.15) is 51.1 Å². The zero-order valence-corrected chi connectivity index (χ0v) is 18.1. The maximum absolute atomic E-state index is 13.4. The van der Waals surface area contributed by atoms with Crippen LogP contribution in [-0.4, -0.2) is 30.5 Å². The fraction of sp³-hybridized carbons (Fsp3) is 0.217. The molecule has 0 unspecified atom stereocenters. The van der Waals surface area contributed by atoms with Gasteiger partial charge in [-0.05, 0) is 30.7 Å². The van der Waals surface area contributed by atoms with Crippen LogP contribution in [0.3, 0.4) is 0 Å². The molecule has 2 aromatic rings. The number of ether oxygens (including phenoxy) is 1. The second kappa shape index (κ2) is 9.68. The molecule has 0 radical (unpaired) electrons. The smallest absolute Gasteiger partial charge is 0.417 e. The number of nitrogens with two attached hydrogens (primary N) is 1. The number of carbonyl (C=O) groups excluding carboxylic acids is 3. The maximum atomic E-state index is 13.4. The Bertz CT molecular complexity index is 1170. The molecular formula is C23H19ClF3N2O4+. The van der Waals surface area contributed by atoms with Gasteiger partial charge in [-0.3, -0.25) is 10.2 Å². The molecule has 10 heteroatoms. The summed E-state index contributed by atoms with van der Waals surface area (Å²) < 4.78 is 44.9. The fourth-order valence-corrected chi connectivity index (χ4v) is 3.86. The summed E-state index contributed by atoms with van der Waals surface area (Å²) in [5.41, 5.74) is -1.38. The Labute approximate surface area is 191 Å². The molecular weight excluding hydrogens is 461 g/mol. The zero-order valence-electron chi connectivity index (χ0n) is 17.4. The second-order valence-electron chi connectivity index (χ2n) is 7.29. The van der Waals surface area contributed by atoms with Crippen LogP contribution < -0.4 is 5.32 Å². The van der Waals surface area contributed by atoms with Crippen molar-refractivity contribution in [2.45, 2.75) is 25.4 Å². The van der Waals surface area contributed by atoms with Crippen molar-refractivity contribution in [1.82, 2.24) is 0 Å². The molecule has 0 atom stereocenters. The van der Waals surface area contributed by atoms with Gasteiger partial charge in [0.15, 0.2) is 5.78 Å². The van der Waals surface area contributed by atoms with Crippen LogP contribution in [0.15, 0.2) is 53.7 Å². The number of rotatable bonds is 5.